The standard InChI is InChI=1S/C12H22N2O5/c1-8(15)9(10(16)17)13-11(18)14-6-4-5-12(2,7-14)19-3/h8-9,15H,4-7H2,1-3H3,(H,13,18)(H,16,17). The molecule has 1 rings (SSSR count). The van der Waals surface area contributed by atoms with E-state index in [1.54, 1.807) is 7.11 Å². The van der Waals surface area contributed by atoms with E-state index in [9.17, 15) is 14.7 Å². The molecule has 1 fully saturated rings. The minimum absolute atomic E-state index is 0.404. The highest BCUT2D eigenvalue weighted by Gasteiger charge is 2.35. The zero-order valence-corrected chi connectivity index (χ0v) is 11.5. The van der Waals surface area contributed by atoms with Crippen LogP contribution in [0, 0.1) is 0 Å². The van der Waals surface area contributed by atoms with E-state index in [1.165, 1.54) is 11.8 Å². The van der Waals surface area contributed by atoms with E-state index in [4.69, 9.17) is 9.84 Å². The number of hydrogen-bond acceptors (Lipinski definition) is 4. The molecule has 0 radical (unpaired) electrons. The summed E-state index contributed by atoms with van der Waals surface area (Å²) in [4.78, 5) is 24.4. The van der Waals surface area contributed by atoms with Crippen molar-refractivity contribution < 1.29 is 24.5 Å². The third-order valence-corrected chi connectivity index (χ3v) is 3.47. The number of amides is 2. The van der Waals surface area contributed by atoms with Gasteiger partial charge in [0.15, 0.2) is 6.04 Å². The van der Waals surface area contributed by atoms with Gasteiger partial charge < -0.3 is 25.2 Å². The molecule has 19 heavy (non-hydrogen) atoms. The van der Waals surface area contributed by atoms with Crippen molar-refractivity contribution in [3.63, 3.8) is 0 Å². The van der Waals surface area contributed by atoms with Gasteiger partial charge in [0.1, 0.15) is 0 Å². The number of piperidine rings is 1. The average molecular weight is 274 g/mol. The molecular weight excluding hydrogens is 252 g/mol. The highest BCUT2D eigenvalue weighted by atomic mass is 16.5. The lowest BCUT2D eigenvalue weighted by Gasteiger charge is -2.39. The summed E-state index contributed by atoms with van der Waals surface area (Å²) in [6.45, 7) is 4.20. The Morgan fingerprint density at radius 1 is 1.47 bits per heavy atom. The Hall–Kier alpha value is -1.34. The highest BCUT2D eigenvalue weighted by Crippen LogP contribution is 2.23. The molecule has 2 amide bonds. The summed E-state index contributed by atoms with van der Waals surface area (Å²) in [6, 6.07) is -1.79. The number of carboxylic acid groups (broad SMARTS) is 1. The summed E-state index contributed by atoms with van der Waals surface area (Å²) in [7, 11) is 1.59. The first-order chi connectivity index (χ1) is 8.79. The number of nitrogens with one attached hydrogen (secondary N) is 1. The van der Waals surface area contributed by atoms with E-state index in [1.807, 2.05) is 6.92 Å². The SMILES string of the molecule is COC1(C)CCCN(C(=O)NC(C(=O)O)C(C)O)C1. The van der Waals surface area contributed by atoms with Crippen LogP contribution in [0.2, 0.25) is 0 Å². The molecule has 1 aliphatic rings. The fraction of sp³-hybridized carbons (Fsp3) is 0.833. The molecule has 0 bridgehead atoms. The van der Waals surface area contributed by atoms with Crippen LogP contribution in [0.5, 0.6) is 0 Å². The van der Waals surface area contributed by atoms with Crippen molar-refractivity contribution in [2.24, 2.45) is 0 Å². The summed E-state index contributed by atoms with van der Waals surface area (Å²) in [6.07, 6.45) is 0.496. The van der Waals surface area contributed by atoms with Gasteiger partial charge in [0.25, 0.3) is 0 Å². The Labute approximate surface area is 112 Å². The Bertz CT molecular complexity index is 347. The van der Waals surface area contributed by atoms with Crippen LogP contribution in [0.4, 0.5) is 4.79 Å². The van der Waals surface area contributed by atoms with Crippen LogP contribution in [0.25, 0.3) is 0 Å². The first-order valence-electron chi connectivity index (χ1n) is 6.30. The largest absolute Gasteiger partial charge is 0.480 e. The van der Waals surface area contributed by atoms with Crippen molar-refractivity contribution in [1.82, 2.24) is 10.2 Å². The van der Waals surface area contributed by atoms with Gasteiger partial charge in [-0.2, -0.15) is 0 Å². The minimum Gasteiger partial charge on any atom is -0.480 e. The van der Waals surface area contributed by atoms with Crippen molar-refractivity contribution in [2.45, 2.75) is 44.4 Å². The second-order valence-electron chi connectivity index (χ2n) is 5.19. The second kappa shape index (κ2) is 6.21. The monoisotopic (exact) mass is 274 g/mol. The zero-order chi connectivity index (χ0) is 14.6. The third kappa shape index (κ3) is 4.07. The molecule has 1 saturated heterocycles. The number of carboxylic acids is 1. The van der Waals surface area contributed by atoms with Gasteiger partial charge in [0.05, 0.1) is 18.2 Å². The van der Waals surface area contributed by atoms with Crippen molar-refractivity contribution in [1.29, 1.82) is 0 Å². The third-order valence-electron chi connectivity index (χ3n) is 3.47. The molecule has 0 aliphatic carbocycles. The number of aliphatic carboxylic acids is 1. The average Bonchev–Trinajstić information content (AvgIpc) is 2.35. The predicted octanol–water partition coefficient (Wildman–Crippen LogP) is 0.0309. The molecular formula is C12H22N2O5. The lowest BCUT2D eigenvalue weighted by Crippen LogP contribution is -2.57. The van der Waals surface area contributed by atoms with E-state index in [0.717, 1.165) is 12.8 Å². The predicted molar refractivity (Wildman–Crippen MR) is 67.9 cm³/mol. The molecule has 0 aromatic rings. The Morgan fingerprint density at radius 2 is 2.11 bits per heavy atom. The number of nitrogens with zero attached hydrogens (tertiary/aromatic N) is 1. The molecule has 3 N–H and O–H groups in total. The summed E-state index contributed by atoms with van der Waals surface area (Å²) in [5.41, 5.74) is -0.404. The van der Waals surface area contributed by atoms with Gasteiger partial charge in [0.2, 0.25) is 0 Å². The van der Waals surface area contributed by atoms with Crippen molar-refractivity contribution in [2.75, 3.05) is 20.2 Å². The van der Waals surface area contributed by atoms with Crippen LogP contribution < -0.4 is 5.32 Å². The highest BCUT2D eigenvalue weighted by molar-refractivity contribution is 5.83. The molecule has 3 unspecified atom stereocenters. The summed E-state index contributed by atoms with van der Waals surface area (Å²) < 4.78 is 5.37. The maximum atomic E-state index is 12.0. The van der Waals surface area contributed by atoms with Gasteiger partial charge in [-0.3, -0.25) is 0 Å². The van der Waals surface area contributed by atoms with Crippen molar-refractivity contribution in [3.8, 4) is 0 Å². The molecule has 110 valence electrons. The summed E-state index contributed by atoms with van der Waals surface area (Å²) in [5.74, 6) is -1.25. The van der Waals surface area contributed by atoms with Crippen LogP contribution >= 0.6 is 0 Å². The van der Waals surface area contributed by atoms with Gasteiger partial charge >= 0.3 is 12.0 Å². The number of likely N-dealkylation sites (tertiary alicyclic amines) is 1. The van der Waals surface area contributed by atoms with Crippen molar-refractivity contribution >= 4 is 12.0 Å². The Balaban J connectivity index is 2.64. The molecule has 3 atom stereocenters. The molecule has 1 heterocycles. The van der Waals surface area contributed by atoms with Crippen LogP contribution in [0.1, 0.15) is 26.7 Å². The van der Waals surface area contributed by atoms with Crippen LogP contribution in [-0.2, 0) is 9.53 Å². The molecule has 7 heteroatoms. The lowest BCUT2D eigenvalue weighted by atomic mass is 9.95. The van der Waals surface area contributed by atoms with Crippen LogP contribution in [0.3, 0.4) is 0 Å². The quantitative estimate of drug-likeness (QED) is 0.672. The smallest absolute Gasteiger partial charge is 0.328 e. The van der Waals surface area contributed by atoms with E-state index in [0.29, 0.717) is 13.1 Å². The minimum atomic E-state index is -1.30. The molecule has 0 saturated carbocycles. The fourth-order valence-corrected chi connectivity index (χ4v) is 2.16. The van der Waals surface area contributed by atoms with E-state index < -0.39 is 29.7 Å². The van der Waals surface area contributed by atoms with Gasteiger partial charge in [-0.1, -0.05) is 0 Å². The molecule has 0 spiro atoms. The second-order valence-corrected chi connectivity index (χ2v) is 5.19. The van der Waals surface area contributed by atoms with Gasteiger partial charge in [-0.15, -0.1) is 0 Å². The first kappa shape index (κ1) is 15.7. The number of carbonyl (C=O) groups excluding carboxylic acids is 1. The fourth-order valence-electron chi connectivity index (χ4n) is 2.16. The summed E-state index contributed by atoms with van der Waals surface area (Å²) in [5, 5.41) is 20.6. The molecule has 0 aromatic carbocycles. The Kier molecular flexibility index (Phi) is 5.13. The lowest BCUT2D eigenvalue weighted by molar-refractivity contribution is -0.141. The van der Waals surface area contributed by atoms with E-state index >= 15 is 0 Å². The Morgan fingerprint density at radius 3 is 2.58 bits per heavy atom. The van der Waals surface area contributed by atoms with Gasteiger partial charge in [-0.05, 0) is 26.7 Å². The first-order valence-corrected chi connectivity index (χ1v) is 6.30. The number of urea groups is 1. The number of hydrogen-bond donors (Lipinski definition) is 3. The van der Waals surface area contributed by atoms with Crippen LogP contribution in [0.15, 0.2) is 0 Å². The normalized spacial score (nSPS) is 26.6. The topological polar surface area (TPSA) is 99.1 Å². The number of carbonyl (C=O) groups is 2. The molecule has 1 aliphatic heterocycles. The summed E-state index contributed by atoms with van der Waals surface area (Å²) >= 11 is 0. The van der Waals surface area contributed by atoms with E-state index in [-0.39, 0.29) is 0 Å². The van der Waals surface area contributed by atoms with Gasteiger partial charge in [-0.25, -0.2) is 9.59 Å². The maximum absolute atomic E-state index is 12.0. The number of ether oxygens (including phenoxy) is 1. The van der Waals surface area contributed by atoms with Crippen molar-refractivity contribution in [3.05, 3.63) is 0 Å². The number of methoxy groups -OCH3 is 1. The van der Waals surface area contributed by atoms with E-state index in [2.05, 4.69) is 5.32 Å². The number of aliphatic hydroxyl groups is 1. The molecule has 7 nitrogen and oxygen atoms in total. The number of aliphatic hydroxyl groups excluding tert-OH is 1. The maximum Gasteiger partial charge on any atom is 0.328 e. The zero-order valence-electron chi connectivity index (χ0n) is 11.5. The number of rotatable bonds is 4. The van der Waals surface area contributed by atoms with Crippen LogP contribution in [-0.4, -0.2) is 65.1 Å². The van der Waals surface area contributed by atoms with Gasteiger partial charge in [0, 0.05) is 13.7 Å². The molecule has 0 aromatic heterocycles.